The molecule has 0 aliphatic carbocycles. The molecule has 0 aromatic carbocycles. The Hall–Kier alpha value is -0.300. The molecule has 1 nitrogen and oxygen atoms in total. The van der Waals surface area contributed by atoms with Crippen LogP contribution in [0.5, 0.6) is 0 Å². The Bertz CT molecular complexity index is 99.2. The maximum atomic E-state index is 3.73. The van der Waals surface area contributed by atoms with Crippen molar-refractivity contribution in [2.45, 2.75) is 52.0 Å². The van der Waals surface area contributed by atoms with Crippen molar-refractivity contribution < 1.29 is 0 Å². The van der Waals surface area contributed by atoms with E-state index in [2.05, 4.69) is 25.7 Å². The highest BCUT2D eigenvalue weighted by Gasteiger charge is 1.93. The minimum absolute atomic E-state index is 0.469. The maximum absolute atomic E-state index is 3.73. The number of rotatable bonds is 8. The Labute approximate surface area is 77.2 Å². The molecule has 1 atom stereocenters. The van der Waals surface area contributed by atoms with E-state index in [0.29, 0.717) is 6.04 Å². The van der Waals surface area contributed by atoms with E-state index in [4.69, 9.17) is 0 Å². The Balaban J connectivity index is 2.95. The first-order valence-electron chi connectivity index (χ1n) is 5.17. The molecule has 1 heteroatoms. The molecule has 0 rings (SSSR count). The van der Waals surface area contributed by atoms with Gasteiger partial charge in [-0.25, -0.2) is 0 Å². The minimum Gasteiger partial charge on any atom is -0.311 e. The van der Waals surface area contributed by atoms with Crippen molar-refractivity contribution in [2.75, 3.05) is 6.54 Å². The third-order valence-electron chi connectivity index (χ3n) is 2.10. The second-order valence-corrected chi connectivity index (χ2v) is 3.39. The van der Waals surface area contributed by atoms with Gasteiger partial charge in [-0.05, 0) is 19.9 Å². The highest BCUT2D eigenvalue weighted by atomic mass is 14.9. The smallest absolute Gasteiger partial charge is 0.0219 e. The first kappa shape index (κ1) is 11.7. The van der Waals surface area contributed by atoms with Crippen LogP contribution in [0.2, 0.25) is 0 Å². The van der Waals surface area contributed by atoms with Crippen molar-refractivity contribution in [3.05, 3.63) is 12.7 Å². The predicted octanol–water partition coefficient (Wildman–Crippen LogP) is 3.12. The Morgan fingerprint density at radius 1 is 1.25 bits per heavy atom. The van der Waals surface area contributed by atoms with Gasteiger partial charge in [-0.3, -0.25) is 0 Å². The van der Waals surface area contributed by atoms with Crippen molar-refractivity contribution in [3.63, 3.8) is 0 Å². The zero-order valence-corrected chi connectivity index (χ0v) is 8.60. The lowest BCUT2D eigenvalue weighted by Crippen LogP contribution is -2.24. The highest BCUT2D eigenvalue weighted by Crippen LogP contribution is 2.01. The van der Waals surface area contributed by atoms with Gasteiger partial charge in [0, 0.05) is 6.04 Å². The van der Waals surface area contributed by atoms with Crippen LogP contribution in [0.25, 0.3) is 0 Å². The summed E-state index contributed by atoms with van der Waals surface area (Å²) in [5, 5.41) is 3.39. The summed E-state index contributed by atoms with van der Waals surface area (Å²) in [5.74, 6) is 0. The number of nitrogens with one attached hydrogen (secondary N) is 1. The van der Waals surface area contributed by atoms with Gasteiger partial charge in [-0.2, -0.15) is 0 Å². The van der Waals surface area contributed by atoms with Gasteiger partial charge in [-0.1, -0.05) is 38.7 Å². The summed E-state index contributed by atoms with van der Waals surface area (Å²) in [6, 6.07) is 0.469. The van der Waals surface area contributed by atoms with Gasteiger partial charge < -0.3 is 5.32 Å². The van der Waals surface area contributed by atoms with Gasteiger partial charge in [0.1, 0.15) is 0 Å². The summed E-state index contributed by atoms with van der Waals surface area (Å²) in [7, 11) is 0. The molecule has 0 saturated carbocycles. The quantitative estimate of drug-likeness (QED) is 0.435. The first-order chi connectivity index (χ1) is 5.81. The van der Waals surface area contributed by atoms with Gasteiger partial charge in [-0.15, -0.1) is 6.58 Å². The average molecular weight is 169 g/mol. The summed E-state index contributed by atoms with van der Waals surface area (Å²) in [6.45, 7) is 9.25. The van der Waals surface area contributed by atoms with Gasteiger partial charge >= 0.3 is 0 Å². The van der Waals surface area contributed by atoms with Crippen molar-refractivity contribution in [1.29, 1.82) is 0 Å². The largest absolute Gasteiger partial charge is 0.311 e. The van der Waals surface area contributed by atoms with Crippen molar-refractivity contribution >= 4 is 0 Å². The van der Waals surface area contributed by atoms with E-state index < -0.39 is 0 Å². The molecule has 0 aromatic rings. The van der Waals surface area contributed by atoms with Crippen LogP contribution in [0.1, 0.15) is 46.0 Å². The Morgan fingerprint density at radius 3 is 2.50 bits per heavy atom. The fraction of sp³-hybridized carbons (Fsp3) is 0.818. The zero-order chi connectivity index (χ0) is 9.23. The Kier molecular flexibility index (Phi) is 8.57. The fourth-order valence-electron chi connectivity index (χ4n) is 1.14. The SMILES string of the molecule is C=CC(C)NCCCCCCC. The third kappa shape index (κ3) is 7.80. The molecule has 0 fully saturated rings. The van der Waals surface area contributed by atoms with Crippen molar-refractivity contribution in [1.82, 2.24) is 5.32 Å². The standard InChI is InChI=1S/C11H23N/c1-4-6-7-8-9-10-12-11(3)5-2/h5,11-12H,2,4,6-10H2,1,3H3. The summed E-state index contributed by atoms with van der Waals surface area (Å²) in [4.78, 5) is 0. The summed E-state index contributed by atoms with van der Waals surface area (Å²) < 4.78 is 0. The normalized spacial score (nSPS) is 12.8. The van der Waals surface area contributed by atoms with E-state index in [9.17, 15) is 0 Å². The van der Waals surface area contributed by atoms with E-state index in [1.165, 1.54) is 32.1 Å². The maximum Gasteiger partial charge on any atom is 0.0219 e. The van der Waals surface area contributed by atoms with Crippen LogP contribution in [-0.4, -0.2) is 12.6 Å². The minimum atomic E-state index is 0.469. The fourth-order valence-corrected chi connectivity index (χ4v) is 1.14. The molecule has 0 amide bonds. The van der Waals surface area contributed by atoms with Crippen LogP contribution in [0.15, 0.2) is 12.7 Å². The monoisotopic (exact) mass is 169 g/mol. The van der Waals surface area contributed by atoms with Gasteiger partial charge in [0.25, 0.3) is 0 Å². The van der Waals surface area contributed by atoms with Gasteiger partial charge in [0.05, 0.1) is 0 Å². The molecule has 0 aromatic heterocycles. The molecule has 0 saturated heterocycles. The van der Waals surface area contributed by atoms with Crippen molar-refractivity contribution in [3.8, 4) is 0 Å². The molecule has 0 aliphatic rings. The van der Waals surface area contributed by atoms with E-state index in [1.54, 1.807) is 0 Å². The van der Waals surface area contributed by atoms with E-state index in [1.807, 2.05) is 6.08 Å². The van der Waals surface area contributed by atoms with Crippen LogP contribution in [0.3, 0.4) is 0 Å². The Morgan fingerprint density at radius 2 is 1.92 bits per heavy atom. The molecule has 0 heterocycles. The molecule has 72 valence electrons. The molecule has 0 radical (unpaired) electrons. The van der Waals surface area contributed by atoms with Crippen LogP contribution >= 0.6 is 0 Å². The molecule has 0 bridgehead atoms. The second-order valence-electron chi connectivity index (χ2n) is 3.39. The van der Waals surface area contributed by atoms with E-state index >= 15 is 0 Å². The topological polar surface area (TPSA) is 12.0 Å². The van der Waals surface area contributed by atoms with Crippen LogP contribution in [0.4, 0.5) is 0 Å². The molecule has 1 N–H and O–H groups in total. The number of hydrogen-bond donors (Lipinski definition) is 1. The molecule has 12 heavy (non-hydrogen) atoms. The van der Waals surface area contributed by atoms with Gasteiger partial charge in [0.15, 0.2) is 0 Å². The molecule has 1 unspecified atom stereocenters. The lowest BCUT2D eigenvalue weighted by atomic mass is 10.1. The predicted molar refractivity (Wildman–Crippen MR) is 56.4 cm³/mol. The first-order valence-corrected chi connectivity index (χ1v) is 5.17. The van der Waals surface area contributed by atoms with Crippen molar-refractivity contribution in [2.24, 2.45) is 0 Å². The van der Waals surface area contributed by atoms with Crippen LogP contribution in [-0.2, 0) is 0 Å². The van der Waals surface area contributed by atoms with Crippen LogP contribution in [0, 0.1) is 0 Å². The number of unbranched alkanes of at least 4 members (excludes halogenated alkanes) is 4. The average Bonchev–Trinajstić information content (AvgIpc) is 2.10. The molecular weight excluding hydrogens is 146 g/mol. The van der Waals surface area contributed by atoms with Gasteiger partial charge in [0.2, 0.25) is 0 Å². The highest BCUT2D eigenvalue weighted by molar-refractivity contribution is 4.80. The lowest BCUT2D eigenvalue weighted by molar-refractivity contribution is 0.562. The zero-order valence-electron chi connectivity index (χ0n) is 8.60. The van der Waals surface area contributed by atoms with E-state index in [0.717, 1.165) is 6.54 Å². The van der Waals surface area contributed by atoms with E-state index in [-0.39, 0.29) is 0 Å². The third-order valence-corrected chi connectivity index (χ3v) is 2.10. The lowest BCUT2D eigenvalue weighted by Gasteiger charge is -2.07. The van der Waals surface area contributed by atoms with Crippen LogP contribution < -0.4 is 5.32 Å². The summed E-state index contributed by atoms with van der Waals surface area (Å²) in [6.07, 6.45) is 8.73. The molecule has 0 spiro atoms. The summed E-state index contributed by atoms with van der Waals surface area (Å²) in [5.41, 5.74) is 0. The second kappa shape index (κ2) is 8.79. The summed E-state index contributed by atoms with van der Waals surface area (Å²) >= 11 is 0. The number of hydrogen-bond acceptors (Lipinski definition) is 1. The molecular formula is C11H23N. The molecule has 0 aliphatic heterocycles.